The molecule has 3 N–H and O–H groups in total. The molecule has 5 heteroatoms. The molecule has 0 bridgehead atoms. The van der Waals surface area contributed by atoms with Gasteiger partial charge in [0.05, 0.1) is 23.6 Å². The molecule has 0 radical (unpaired) electrons. The largest absolute Gasteiger partial charge is 0.392 e. The van der Waals surface area contributed by atoms with E-state index in [1.165, 1.54) is 19.3 Å². The predicted molar refractivity (Wildman–Crippen MR) is 74.2 cm³/mol. The third-order valence-electron chi connectivity index (χ3n) is 4.03. The van der Waals surface area contributed by atoms with Crippen molar-refractivity contribution < 1.29 is 9.53 Å². The van der Waals surface area contributed by atoms with Crippen LogP contribution in [0.3, 0.4) is 0 Å². The molecule has 1 heterocycles. The quantitative estimate of drug-likeness (QED) is 0.757. The Bertz CT molecular complexity index is 310. The highest BCUT2D eigenvalue weighted by Gasteiger charge is 2.31. The van der Waals surface area contributed by atoms with Crippen molar-refractivity contribution in [3.8, 4) is 0 Å². The number of nitrogens with two attached hydrogens (primary N) is 1. The van der Waals surface area contributed by atoms with Crippen LogP contribution in [0, 0.1) is 11.8 Å². The van der Waals surface area contributed by atoms with Crippen molar-refractivity contribution in [1.82, 2.24) is 5.32 Å². The zero-order valence-corrected chi connectivity index (χ0v) is 11.5. The molecule has 2 rings (SSSR count). The van der Waals surface area contributed by atoms with Gasteiger partial charge in [0.25, 0.3) is 0 Å². The SMILES string of the molecule is NC(=S)C(NC(=O)C1CCOC1)C1CCCCC1. The minimum atomic E-state index is -0.131. The first-order valence-electron chi connectivity index (χ1n) is 6.86. The van der Waals surface area contributed by atoms with E-state index in [1.807, 2.05) is 0 Å². The summed E-state index contributed by atoms with van der Waals surface area (Å²) in [6, 6.07) is -0.131. The molecule has 2 atom stereocenters. The molecule has 0 aromatic rings. The molecule has 0 aromatic heterocycles. The zero-order chi connectivity index (χ0) is 13.0. The highest BCUT2D eigenvalue weighted by molar-refractivity contribution is 7.80. The van der Waals surface area contributed by atoms with Gasteiger partial charge in [-0.3, -0.25) is 4.79 Å². The number of thiocarbonyl (C=S) groups is 1. The number of hydrogen-bond donors (Lipinski definition) is 2. The van der Waals surface area contributed by atoms with Crippen LogP contribution in [-0.4, -0.2) is 30.2 Å². The molecule has 1 saturated heterocycles. The van der Waals surface area contributed by atoms with E-state index in [1.54, 1.807) is 0 Å². The highest BCUT2D eigenvalue weighted by Crippen LogP contribution is 2.27. The topological polar surface area (TPSA) is 64.3 Å². The van der Waals surface area contributed by atoms with Crippen LogP contribution < -0.4 is 11.1 Å². The maximum Gasteiger partial charge on any atom is 0.226 e. The smallest absolute Gasteiger partial charge is 0.226 e. The fourth-order valence-electron chi connectivity index (χ4n) is 2.90. The summed E-state index contributed by atoms with van der Waals surface area (Å²) in [7, 11) is 0. The van der Waals surface area contributed by atoms with Crippen LogP contribution in [0.5, 0.6) is 0 Å². The number of hydrogen-bond acceptors (Lipinski definition) is 3. The van der Waals surface area contributed by atoms with E-state index in [4.69, 9.17) is 22.7 Å². The normalized spacial score (nSPS) is 26.8. The molecule has 1 saturated carbocycles. The lowest BCUT2D eigenvalue weighted by Crippen LogP contribution is -2.50. The third-order valence-corrected chi connectivity index (χ3v) is 4.28. The molecule has 2 fully saturated rings. The third kappa shape index (κ3) is 3.42. The summed E-state index contributed by atoms with van der Waals surface area (Å²) in [6.07, 6.45) is 6.75. The van der Waals surface area contributed by atoms with Crippen LogP contribution >= 0.6 is 12.2 Å². The van der Waals surface area contributed by atoms with Crippen LogP contribution in [0.2, 0.25) is 0 Å². The van der Waals surface area contributed by atoms with E-state index in [-0.39, 0.29) is 17.9 Å². The highest BCUT2D eigenvalue weighted by atomic mass is 32.1. The minimum absolute atomic E-state index is 0.0227. The van der Waals surface area contributed by atoms with Crippen LogP contribution in [0.15, 0.2) is 0 Å². The van der Waals surface area contributed by atoms with E-state index in [0.717, 1.165) is 19.3 Å². The van der Waals surface area contributed by atoms with Gasteiger partial charge >= 0.3 is 0 Å². The van der Waals surface area contributed by atoms with E-state index in [0.29, 0.717) is 24.1 Å². The van der Waals surface area contributed by atoms with Gasteiger partial charge in [0, 0.05) is 6.61 Å². The van der Waals surface area contributed by atoms with Gasteiger partial charge in [-0.25, -0.2) is 0 Å². The van der Waals surface area contributed by atoms with Crippen molar-refractivity contribution in [3.63, 3.8) is 0 Å². The Kier molecular flexibility index (Phi) is 4.95. The molecule has 2 aliphatic rings. The van der Waals surface area contributed by atoms with Crippen molar-refractivity contribution in [2.24, 2.45) is 17.6 Å². The summed E-state index contributed by atoms with van der Waals surface area (Å²) in [5.41, 5.74) is 5.80. The molecule has 2 unspecified atom stereocenters. The number of nitrogens with one attached hydrogen (secondary N) is 1. The van der Waals surface area contributed by atoms with E-state index < -0.39 is 0 Å². The molecule has 0 aromatic carbocycles. The van der Waals surface area contributed by atoms with E-state index in [2.05, 4.69) is 5.32 Å². The van der Waals surface area contributed by atoms with Crippen LogP contribution in [0.4, 0.5) is 0 Å². The second kappa shape index (κ2) is 6.48. The average molecular weight is 270 g/mol. The first-order chi connectivity index (χ1) is 8.68. The Balaban J connectivity index is 1.92. The van der Waals surface area contributed by atoms with E-state index >= 15 is 0 Å². The van der Waals surface area contributed by atoms with Crippen LogP contribution in [0.25, 0.3) is 0 Å². The molecule has 102 valence electrons. The number of carbonyl (C=O) groups excluding carboxylic acids is 1. The summed E-state index contributed by atoms with van der Waals surface area (Å²) in [5, 5.41) is 3.04. The first kappa shape index (κ1) is 13.7. The number of rotatable bonds is 4. The molecule has 1 aliphatic heterocycles. The molecule has 18 heavy (non-hydrogen) atoms. The fraction of sp³-hybridized carbons (Fsp3) is 0.846. The monoisotopic (exact) mass is 270 g/mol. The Hall–Kier alpha value is -0.680. The predicted octanol–water partition coefficient (Wildman–Crippen LogP) is 1.37. The fourth-order valence-corrected chi connectivity index (χ4v) is 3.15. The molecular formula is C13H22N2O2S. The van der Waals surface area contributed by atoms with Gasteiger partial charge in [0.2, 0.25) is 5.91 Å². The summed E-state index contributed by atoms with van der Waals surface area (Å²) in [6.45, 7) is 1.21. The molecule has 1 aliphatic carbocycles. The lowest BCUT2D eigenvalue weighted by Gasteiger charge is -2.30. The molecule has 0 spiro atoms. The lowest BCUT2D eigenvalue weighted by atomic mass is 9.83. The second-order valence-corrected chi connectivity index (χ2v) is 5.82. The average Bonchev–Trinajstić information content (AvgIpc) is 2.90. The van der Waals surface area contributed by atoms with Gasteiger partial charge in [-0.2, -0.15) is 0 Å². The second-order valence-electron chi connectivity index (χ2n) is 5.35. The van der Waals surface area contributed by atoms with Crippen molar-refractivity contribution in [1.29, 1.82) is 0 Å². The first-order valence-corrected chi connectivity index (χ1v) is 7.26. The van der Waals surface area contributed by atoms with Crippen molar-refractivity contribution in [2.75, 3.05) is 13.2 Å². The maximum absolute atomic E-state index is 12.1. The van der Waals surface area contributed by atoms with Gasteiger partial charge in [-0.15, -0.1) is 0 Å². The summed E-state index contributed by atoms with van der Waals surface area (Å²) >= 11 is 5.12. The standard InChI is InChI=1S/C13H22N2O2S/c14-12(18)11(9-4-2-1-3-5-9)15-13(16)10-6-7-17-8-10/h9-11H,1-8H2,(H2,14,18)(H,15,16). The van der Waals surface area contributed by atoms with Gasteiger partial charge < -0.3 is 15.8 Å². The van der Waals surface area contributed by atoms with Crippen LogP contribution in [0.1, 0.15) is 38.5 Å². The number of amides is 1. The van der Waals surface area contributed by atoms with Crippen molar-refractivity contribution >= 4 is 23.1 Å². The van der Waals surface area contributed by atoms with Gasteiger partial charge in [0.15, 0.2) is 0 Å². The number of ether oxygens (including phenoxy) is 1. The van der Waals surface area contributed by atoms with Gasteiger partial charge in [-0.1, -0.05) is 31.5 Å². The van der Waals surface area contributed by atoms with Crippen molar-refractivity contribution in [2.45, 2.75) is 44.6 Å². The van der Waals surface area contributed by atoms with E-state index in [9.17, 15) is 4.79 Å². The maximum atomic E-state index is 12.1. The minimum Gasteiger partial charge on any atom is -0.392 e. The van der Waals surface area contributed by atoms with Crippen molar-refractivity contribution in [3.05, 3.63) is 0 Å². The van der Waals surface area contributed by atoms with Gasteiger partial charge in [0.1, 0.15) is 0 Å². The zero-order valence-electron chi connectivity index (χ0n) is 10.7. The Morgan fingerprint density at radius 1 is 1.28 bits per heavy atom. The summed E-state index contributed by atoms with van der Waals surface area (Å²) < 4.78 is 5.24. The number of carbonyl (C=O) groups is 1. The molecular weight excluding hydrogens is 248 g/mol. The summed E-state index contributed by atoms with van der Waals surface area (Å²) in [4.78, 5) is 12.5. The Labute approximate surface area is 114 Å². The molecule has 4 nitrogen and oxygen atoms in total. The van der Waals surface area contributed by atoms with Gasteiger partial charge in [-0.05, 0) is 25.2 Å². The Morgan fingerprint density at radius 3 is 2.56 bits per heavy atom. The summed E-state index contributed by atoms with van der Waals surface area (Å²) in [5.74, 6) is 0.448. The molecule has 1 amide bonds. The lowest BCUT2D eigenvalue weighted by molar-refractivity contribution is -0.125. The Morgan fingerprint density at radius 2 is 2.00 bits per heavy atom. The van der Waals surface area contributed by atoms with Crippen LogP contribution in [-0.2, 0) is 9.53 Å².